The van der Waals surface area contributed by atoms with Crippen LogP contribution in [0, 0.1) is 11.8 Å². The van der Waals surface area contributed by atoms with Gasteiger partial charge in [0.1, 0.15) is 0 Å². The van der Waals surface area contributed by atoms with Gasteiger partial charge in [0.2, 0.25) is 0 Å². The molecular formula is C20H34O. The highest BCUT2D eigenvalue weighted by Gasteiger charge is 2.20. The second kappa shape index (κ2) is 8.58. The normalized spacial score (nSPS) is 28.7. The van der Waals surface area contributed by atoms with Gasteiger partial charge in [-0.3, -0.25) is 0 Å². The summed E-state index contributed by atoms with van der Waals surface area (Å²) < 4.78 is 0. The Morgan fingerprint density at radius 3 is 2.86 bits per heavy atom. The molecular weight excluding hydrogens is 256 g/mol. The van der Waals surface area contributed by atoms with Gasteiger partial charge in [-0.15, -0.1) is 0 Å². The molecule has 3 atom stereocenters. The van der Waals surface area contributed by atoms with E-state index in [9.17, 15) is 5.11 Å². The van der Waals surface area contributed by atoms with Crippen LogP contribution in [0.5, 0.6) is 0 Å². The molecule has 3 unspecified atom stereocenters. The zero-order chi connectivity index (χ0) is 15.9. The van der Waals surface area contributed by atoms with E-state index in [2.05, 4.69) is 45.9 Å². The van der Waals surface area contributed by atoms with E-state index in [-0.39, 0.29) is 0 Å². The Bertz CT molecular complexity index is 394. The van der Waals surface area contributed by atoms with E-state index >= 15 is 0 Å². The first-order chi connectivity index (χ1) is 9.80. The third kappa shape index (κ3) is 7.66. The predicted molar refractivity (Wildman–Crippen MR) is 93.3 cm³/mol. The van der Waals surface area contributed by atoms with Crippen molar-refractivity contribution in [1.29, 1.82) is 0 Å². The van der Waals surface area contributed by atoms with Crippen molar-refractivity contribution in [2.24, 2.45) is 11.8 Å². The first-order valence-electron chi connectivity index (χ1n) is 8.51. The summed E-state index contributed by atoms with van der Waals surface area (Å²) in [5, 5.41) is 10.4. The number of hydrogen-bond donors (Lipinski definition) is 1. The van der Waals surface area contributed by atoms with Crippen molar-refractivity contribution in [3.63, 3.8) is 0 Å². The molecule has 0 fully saturated rings. The highest BCUT2D eigenvalue weighted by Crippen LogP contribution is 2.28. The molecule has 21 heavy (non-hydrogen) atoms. The molecule has 0 spiro atoms. The molecule has 0 amide bonds. The van der Waals surface area contributed by atoms with E-state index in [0.29, 0.717) is 11.8 Å². The predicted octanol–water partition coefficient (Wildman–Crippen LogP) is 5.81. The summed E-state index contributed by atoms with van der Waals surface area (Å²) in [6, 6.07) is 0. The van der Waals surface area contributed by atoms with Gasteiger partial charge in [0.15, 0.2) is 0 Å². The van der Waals surface area contributed by atoms with Crippen LogP contribution >= 0.6 is 0 Å². The molecule has 0 saturated heterocycles. The van der Waals surface area contributed by atoms with Gasteiger partial charge in [0.25, 0.3) is 0 Å². The van der Waals surface area contributed by atoms with Crippen LogP contribution in [-0.4, -0.2) is 10.7 Å². The van der Waals surface area contributed by atoms with Crippen LogP contribution in [0.4, 0.5) is 0 Å². The van der Waals surface area contributed by atoms with Gasteiger partial charge in [-0.05, 0) is 78.1 Å². The van der Waals surface area contributed by atoms with Crippen molar-refractivity contribution in [3.8, 4) is 0 Å². The first kappa shape index (κ1) is 18.2. The van der Waals surface area contributed by atoms with E-state index < -0.39 is 5.60 Å². The molecule has 0 heterocycles. The summed E-state index contributed by atoms with van der Waals surface area (Å²) in [6.45, 7) is 10.8. The Morgan fingerprint density at radius 1 is 1.48 bits per heavy atom. The van der Waals surface area contributed by atoms with Crippen LogP contribution in [0.2, 0.25) is 0 Å². The lowest BCUT2D eigenvalue weighted by Gasteiger charge is -2.25. The molecule has 0 saturated carbocycles. The van der Waals surface area contributed by atoms with E-state index in [0.717, 1.165) is 12.8 Å². The average molecular weight is 290 g/mol. The lowest BCUT2D eigenvalue weighted by Crippen LogP contribution is -2.22. The first-order valence-corrected chi connectivity index (χ1v) is 8.51. The molecule has 1 aliphatic carbocycles. The average Bonchev–Trinajstić information content (AvgIpc) is 2.37. The fourth-order valence-electron chi connectivity index (χ4n) is 2.94. The summed E-state index contributed by atoms with van der Waals surface area (Å²) >= 11 is 0. The number of allylic oxidation sites excluding steroid dienone is 5. The van der Waals surface area contributed by atoms with E-state index in [4.69, 9.17) is 0 Å². The topological polar surface area (TPSA) is 20.2 Å². The van der Waals surface area contributed by atoms with Crippen molar-refractivity contribution in [3.05, 3.63) is 35.5 Å². The van der Waals surface area contributed by atoms with Crippen LogP contribution in [-0.2, 0) is 0 Å². The van der Waals surface area contributed by atoms with E-state index in [1.165, 1.54) is 36.8 Å². The molecule has 1 heteroatoms. The summed E-state index contributed by atoms with van der Waals surface area (Å²) in [6.07, 6.45) is 15.5. The minimum atomic E-state index is -0.661. The van der Waals surface area contributed by atoms with Gasteiger partial charge in [0.05, 0.1) is 5.60 Å². The van der Waals surface area contributed by atoms with Crippen molar-refractivity contribution in [1.82, 2.24) is 0 Å². The van der Waals surface area contributed by atoms with Crippen LogP contribution in [0.15, 0.2) is 35.5 Å². The number of aliphatic hydroxyl groups is 1. The molecule has 1 N–H and O–H groups in total. The molecule has 120 valence electrons. The van der Waals surface area contributed by atoms with E-state index in [1.54, 1.807) is 0 Å². The Morgan fingerprint density at radius 2 is 2.19 bits per heavy atom. The molecule has 1 aliphatic rings. The highest BCUT2D eigenvalue weighted by atomic mass is 16.3. The maximum Gasteiger partial charge on any atom is 0.0802 e. The molecule has 1 nitrogen and oxygen atoms in total. The lowest BCUT2D eigenvalue weighted by molar-refractivity contribution is 0.102. The molecule has 0 aromatic carbocycles. The second-order valence-electron chi connectivity index (χ2n) is 7.34. The Hall–Kier alpha value is -0.820. The summed E-state index contributed by atoms with van der Waals surface area (Å²) in [5.41, 5.74) is 2.22. The number of hydrogen-bond acceptors (Lipinski definition) is 1. The second-order valence-corrected chi connectivity index (χ2v) is 7.34. The lowest BCUT2D eigenvalue weighted by atomic mass is 9.83. The summed E-state index contributed by atoms with van der Waals surface area (Å²) in [4.78, 5) is 0. The third-order valence-corrected chi connectivity index (χ3v) is 4.62. The fourth-order valence-corrected chi connectivity index (χ4v) is 2.94. The molecule has 0 aromatic rings. The molecule has 0 aliphatic heterocycles. The summed E-state index contributed by atoms with van der Waals surface area (Å²) in [7, 11) is 0. The maximum atomic E-state index is 10.4. The summed E-state index contributed by atoms with van der Waals surface area (Å²) in [5.74, 6) is 1.24. The van der Waals surface area contributed by atoms with Gasteiger partial charge in [-0.1, -0.05) is 42.4 Å². The van der Waals surface area contributed by atoms with Crippen molar-refractivity contribution >= 4 is 0 Å². The zero-order valence-corrected chi connectivity index (χ0v) is 14.7. The Labute approximate surface area is 131 Å². The fraction of sp³-hybridized carbons (Fsp3) is 0.700. The van der Waals surface area contributed by atoms with Crippen LogP contribution in [0.25, 0.3) is 0 Å². The van der Waals surface area contributed by atoms with Crippen molar-refractivity contribution in [2.45, 2.75) is 78.7 Å². The Balaban J connectivity index is 2.71. The van der Waals surface area contributed by atoms with Crippen LogP contribution in [0.1, 0.15) is 73.1 Å². The Kier molecular flexibility index (Phi) is 7.45. The van der Waals surface area contributed by atoms with Gasteiger partial charge in [0, 0.05) is 0 Å². The largest absolute Gasteiger partial charge is 0.386 e. The van der Waals surface area contributed by atoms with Crippen molar-refractivity contribution in [2.75, 3.05) is 0 Å². The van der Waals surface area contributed by atoms with Crippen LogP contribution in [0.3, 0.4) is 0 Å². The van der Waals surface area contributed by atoms with Crippen molar-refractivity contribution < 1.29 is 5.11 Å². The van der Waals surface area contributed by atoms with E-state index in [1.807, 2.05) is 13.0 Å². The van der Waals surface area contributed by atoms with Gasteiger partial charge in [-0.25, -0.2) is 0 Å². The molecule has 1 rings (SSSR count). The molecule has 0 radical (unpaired) electrons. The zero-order valence-electron chi connectivity index (χ0n) is 14.7. The monoisotopic (exact) mass is 290 g/mol. The minimum Gasteiger partial charge on any atom is -0.386 e. The standard InChI is InChI=1S/C20H34O/c1-16(2)8-6-10-18(4)19-12-11-17(3)9-7-14-20(5,21)15-13-19/h8-9,13,15,18-19,21H,6-7,10-12,14H2,1-5H3. The highest BCUT2D eigenvalue weighted by molar-refractivity contribution is 5.07. The maximum absolute atomic E-state index is 10.4. The van der Waals surface area contributed by atoms with Gasteiger partial charge >= 0.3 is 0 Å². The molecule has 0 aromatic heterocycles. The quantitative estimate of drug-likeness (QED) is 0.647. The minimum absolute atomic E-state index is 0.573. The third-order valence-electron chi connectivity index (χ3n) is 4.62. The SMILES string of the molecule is CC(C)=CCCC(C)C1C=CC(C)(O)CCC=C(C)CC1. The van der Waals surface area contributed by atoms with Crippen LogP contribution < -0.4 is 0 Å². The smallest absolute Gasteiger partial charge is 0.0802 e. The molecule has 0 bridgehead atoms. The number of rotatable bonds is 4. The van der Waals surface area contributed by atoms with Gasteiger partial charge in [-0.2, -0.15) is 0 Å². The van der Waals surface area contributed by atoms with Gasteiger partial charge < -0.3 is 5.11 Å².